The molecule has 2 saturated carbocycles. The van der Waals surface area contributed by atoms with E-state index in [0.29, 0.717) is 17.8 Å². The van der Waals surface area contributed by atoms with E-state index in [1.807, 2.05) is 0 Å². The van der Waals surface area contributed by atoms with Gasteiger partial charge in [-0.3, -0.25) is 4.79 Å². The van der Waals surface area contributed by atoms with Gasteiger partial charge in [0.05, 0.1) is 6.10 Å². The van der Waals surface area contributed by atoms with Crippen molar-refractivity contribution in [2.45, 2.75) is 51.7 Å². The highest BCUT2D eigenvalue weighted by atomic mass is 16.5. The van der Waals surface area contributed by atoms with Crippen molar-refractivity contribution in [2.24, 2.45) is 17.8 Å². The van der Waals surface area contributed by atoms with Crippen LogP contribution in [0.2, 0.25) is 0 Å². The number of fused-ring (bicyclic) bond motifs is 1. The topological polar surface area (TPSA) is 46.5 Å². The molecule has 2 aliphatic rings. The molecule has 0 aromatic heterocycles. The van der Waals surface area contributed by atoms with Gasteiger partial charge in [-0.25, -0.2) is 0 Å². The lowest BCUT2D eigenvalue weighted by Crippen LogP contribution is -2.39. The molecular formula is C12H20O3. The summed E-state index contributed by atoms with van der Waals surface area (Å²) >= 11 is 0. The summed E-state index contributed by atoms with van der Waals surface area (Å²) in [7, 11) is 0. The van der Waals surface area contributed by atoms with Crippen molar-refractivity contribution in [3.05, 3.63) is 0 Å². The molecule has 2 rings (SSSR count). The molecule has 0 radical (unpaired) electrons. The van der Waals surface area contributed by atoms with Crippen LogP contribution in [-0.2, 0) is 9.53 Å². The van der Waals surface area contributed by atoms with Gasteiger partial charge in [0.2, 0.25) is 0 Å². The number of carbonyl (C=O) groups is 1. The van der Waals surface area contributed by atoms with E-state index in [1.165, 1.54) is 6.92 Å². The first-order chi connectivity index (χ1) is 7.09. The maximum atomic E-state index is 11.0. The third-order valence-electron chi connectivity index (χ3n) is 4.09. The van der Waals surface area contributed by atoms with Crippen molar-refractivity contribution >= 4 is 5.97 Å². The average Bonchev–Trinajstić information content (AvgIpc) is 2.53. The molecule has 5 atom stereocenters. The molecule has 0 bridgehead atoms. The third-order valence-corrected chi connectivity index (χ3v) is 4.09. The lowest BCUT2D eigenvalue weighted by atomic mass is 9.72. The number of rotatable bonds is 1. The van der Waals surface area contributed by atoms with Crippen LogP contribution in [0.5, 0.6) is 0 Å². The Morgan fingerprint density at radius 1 is 1.27 bits per heavy atom. The van der Waals surface area contributed by atoms with Crippen molar-refractivity contribution in [3.63, 3.8) is 0 Å². The molecule has 0 aromatic carbocycles. The van der Waals surface area contributed by atoms with Gasteiger partial charge in [0.15, 0.2) is 0 Å². The van der Waals surface area contributed by atoms with Crippen LogP contribution in [0, 0.1) is 17.8 Å². The van der Waals surface area contributed by atoms with Gasteiger partial charge in [-0.2, -0.15) is 0 Å². The fourth-order valence-electron chi connectivity index (χ4n) is 3.46. The van der Waals surface area contributed by atoms with E-state index >= 15 is 0 Å². The van der Waals surface area contributed by atoms with Crippen LogP contribution in [0.1, 0.15) is 39.5 Å². The normalized spacial score (nSPS) is 44.9. The molecule has 0 amide bonds. The van der Waals surface area contributed by atoms with Gasteiger partial charge >= 0.3 is 5.97 Å². The van der Waals surface area contributed by atoms with Crippen LogP contribution in [0.25, 0.3) is 0 Å². The molecule has 0 aliphatic heterocycles. The average molecular weight is 212 g/mol. The molecule has 1 N–H and O–H groups in total. The molecule has 2 aliphatic carbocycles. The monoisotopic (exact) mass is 212 g/mol. The minimum Gasteiger partial charge on any atom is -0.462 e. The number of esters is 1. The summed E-state index contributed by atoms with van der Waals surface area (Å²) in [4.78, 5) is 11.0. The van der Waals surface area contributed by atoms with E-state index in [9.17, 15) is 9.90 Å². The number of hydrogen-bond donors (Lipinski definition) is 1. The zero-order valence-corrected chi connectivity index (χ0v) is 9.48. The number of aliphatic hydroxyl groups excluding tert-OH is 1. The zero-order chi connectivity index (χ0) is 11.0. The summed E-state index contributed by atoms with van der Waals surface area (Å²) in [6.07, 6.45) is 3.79. The van der Waals surface area contributed by atoms with E-state index in [4.69, 9.17) is 4.74 Å². The highest BCUT2D eigenvalue weighted by molar-refractivity contribution is 5.66. The molecule has 0 heterocycles. The Hall–Kier alpha value is -0.570. The second-order valence-electron chi connectivity index (χ2n) is 5.09. The summed E-state index contributed by atoms with van der Waals surface area (Å²) < 4.78 is 5.35. The molecule has 5 unspecified atom stereocenters. The Kier molecular flexibility index (Phi) is 3.01. The first-order valence-electron chi connectivity index (χ1n) is 5.95. The lowest BCUT2D eigenvalue weighted by Gasteiger charge is -2.38. The van der Waals surface area contributed by atoms with E-state index < -0.39 is 0 Å². The highest BCUT2D eigenvalue weighted by Crippen LogP contribution is 2.46. The van der Waals surface area contributed by atoms with Gasteiger partial charge in [-0.1, -0.05) is 6.92 Å². The number of hydrogen-bond acceptors (Lipinski definition) is 3. The minimum absolute atomic E-state index is 0.0563. The Morgan fingerprint density at radius 2 is 2.00 bits per heavy atom. The van der Waals surface area contributed by atoms with Gasteiger partial charge < -0.3 is 9.84 Å². The first-order valence-corrected chi connectivity index (χ1v) is 5.95. The third kappa shape index (κ3) is 2.03. The van der Waals surface area contributed by atoms with Gasteiger partial charge in [-0.15, -0.1) is 0 Å². The van der Waals surface area contributed by atoms with Crippen LogP contribution in [0.15, 0.2) is 0 Å². The summed E-state index contributed by atoms with van der Waals surface area (Å²) in [6.45, 7) is 3.68. The largest absolute Gasteiger partial charge is 0.462 e. The minimum atomic E-state index is -0.185. The second-order valence-corrected chi connectivity index (χ2v) is 5.09. The fraction of sp³-hybridized carbons (Fsp3) is 0.917. The van der Waals surface area contributed by atoms with Gasteiger partial charge in [0.1, 0.15) is 6.10 Å². The van der Waals surface area contributed by atoms with Crippen molar-refractivity contribution in [1.82, 2.24) is 0 Å². The summed E-state index contributed by atoms with van der Waals surface area (Å²) in [5.41, 5.74) is 0. The maximum absolute atomic E-state index is 11.0. The van der Waals surface area contributed by atoms with Crippen molar-refractivity contribution < 1.29 is 14.6 Å². The SMILES string of the molecule is CC(=O)OC1CCC(C)C2C(O)CCC12. The predicted molar refractivity (Wildman–Crippen MR) is 56.2 cm³/mol. The van der Waals surface area contributed by atoms with Crippen molar-refractivity contribution in [3.8, 4) is 0 Å². The molecule has 2 fully saturated rings. The molecule has 86 valence electrons. The molecular weight excluding hydrogens is 192 g/mol. The molecule has 0 saturated heterocycles. The van der Waals surface area contributed by atoms with Crippen LogP contribution < -0.4 is 0 Å². The lowest BCUT2D eigenvalue weighted by molar-refractivity contribution is -0.154. The van der Waals surface area contributed by atoms with Gasteiger partial charge in [0.25, 0.3) is 0 Å². The second kappa shape index (κ2) is 4.12. The molecule has 0 aromatic rings. The first kappa shape index (κ1) is 10.9. The molecule has 3 nitrogen and oxygen atoms in total. The highest BCUT2D eigenvalue weighted by Gasteiger charge is 2.46. The van der Waals surface area contributed by atoms with E-state index in [2.05, 4.69) is 6.92 Å². The Morgan fingerprint density at radius 3 is 2.67 bits per heavy atom. The number of aliphatic hydroxyl groups is 1. The number of carbonyl (C=O) groups excluding carboxylic acids is 1. The van der Waals surface area contributed by atoms with Crippen molar-refractivity contribution in [1.29, 1.82) is 0 Å². The predicted octanol–water partition coefficient (Wildman–Crippen LogP) is 1.74. The van der Waals surface area contributed by atoms with Crippen LogP contribution >= 0.6 is 0 Å². The molecule has 3 heteroatoms. The number of ether oxygens (including phenoxy) is 1. The Labute approximate surface area is 90.8 Å². The van der Waals surface area contributed by atoms with E-state index in [-0.39, 0.29) is 18.2 Å². The van der Waals surface area contributed by atoms with Gasteiger partial charge in [0, 0.05) is 12.8 Å². The molecule has 0 spiro atoms. The van der Waals surface area contributed by atoms with Crippen molar-refractivity contribution in [2.75, 3.05) is 0 Å². The standard InChI is InChI=1S/C12H20O3/c1-7-3-6-11(15-8(2)13)9-4-5-10(14)12(7)9/h7,9-12,14H,3-6H2,1-2H3. The van der Waals surface area contributed by atoms with E-state index in [1.54, 1.807) is 0 Å². The maximum Gasteiger partial charge on any atom is 0.302 e. The van der Waals surface area contributed by atoms with Crippen LogP contribution in [0.4, 0.5) is 0 Å². The van der Waals surface area contributed by atoms with E-state index in [0.717, 1.165) is 25.7 Å². The quantitative estimate of drug-likeness (QED) is 0.673. The Bertz CT molecular complexity index is 251. The molecule has 15 heavy (non-hydrogen) atoms. The Balaban J connectivity index is 2.07. The van der Waals surface area contributed by atoms with Crippen LogP contribution in [-0.4, -0.2) is 23.3 Å². The summed E-state index contributed by atoms with van der Waals surface area (Å²) in [6, 6.07) is 0. The summed E-state index contributed by atoms with van der Waals surface area (Å²) in [5, 5.41) is 9.91. The summed E-state index contributed by atoms with van der Waals surface area (Å²) in [5.74, 6) is 1.13. The zero-order valence-electron chi connectivity index (χ0n) is 9.48. The van der Waals surface area contributed by atoms with Crippen LogP contribution in [0.3, 0.4) is 0 Å². The fourth-order valence-corrected chi connectivity index (χ4v) is 3.46. The smallest absolute Gasteiger partial charge is 0.302 e. The van der Waals surface area contributed by atoms with Gasteiger partial charge in [-0.05, 0) is 37.5 Å².